The summed E-state index contributed by atoms with van der Waals surface area (Å²) in [5.74, 6) is 0.428. The number of fused-ring (bicyclic) bond motifs is 1. The first-order chi connectivity index (χ1) is 17.0. The van der Waals surface area contributed by atoms with E-state index in [0.717, 1.165) is 22.0 Å². The number of thiophene rings is 1. The van der Waals surface area contributed by atoms with Crippen LogP contribution in [0.15, 0.2) is 76.7 Å². The minimum absolute atomic E-state index is 0.0498. The number of aliphatic imine (C=N–C) groups is 2. The number of H-pyrrole nitrogens is 1. The number of carbonyl (C=O) groups excluding carboxylic acids is 2. The molecule has 0 saturated heterocycles. The van der Waals surface area contributed by atoms with Crippen molar-refractivity contribution in [1.29, 1.82) is 0 Å². The maximum absolute atomic E-state index is 12.5. The van der Waals surface area contributed by atoms with Gasteiger partial charge in [-0.3, -0.25) is 14.6 Å². The molecule has 0 bridgehead atoms. The van der Waals surface area contributed by atoms with Crippen molar-refractivity contribution in [3.8, 4) is 5.88 Å². The standard InChI is InChI=1S/C27H22N4O3S/c1-16(32)23-10-11-24(35-23)27(34)30-19-7-4-17(5-8-19)13-18-6-9-22-20(14-18)21(26(33)31-22)15-29-25-3-2-12-28-25/h2-11,14-15,31,33H,12-13H2,1H3,(H,30,34). The lowest BCUT2D eigenvalue weighted by molar-refractivity contribution is 0.101. The predicted octanol–water partition coefficient (Wildman–Crippen LogP) is 5.37. The van der Waals surface area contributed by atoms with Crippen LogP contribution in [0.4, 0.5) is 5.69 Å². The number of ketones is 1. The van der Waals surface area contributed by atoms with E-state index in [1.165, 1.54) is 18.3 Å². The van der Waals surface area contributed by atoms with Gasteiger partial charge in [-0.2, -0.15) is 0 Å². The molecule has 7 nitrogen and oxygen atoms in total. The molecule has 174 valence electrons. The molecule has 0 aliphatic carbocycles. The van der Waals surface area contributed by atoms with Gasteiger partial charge in [-0.1, -0.05) is 24.3 Å². The molecular weight excluding hydrogens is 460 g/mol. The third-order valence-electron chi connectivity index (χ3n) is 5.63. The van der Waals surface area contributed by atoms with E-state index in [4.69, 9.17) is 0 Å². The van der Waals surface area contributed by atoms with Crippen LogP contribution in [0, 0.1) is 0 Å². The molecule has 3 heterocycles. The molecule has 2 aromatic heterocycles. The highest BCUT2D eigenvalue weighted by molar-refractivity contribution is 7.16. The molecule has 3 N–H and O–H groups in total. The van der Waals surface area contributed by atoms with Crippen molar-refractivity contribution in [2.75, 3.05) is 11.9 Å². The summed E-state index contributed by atoms with van der Waals surface area (Å²) in [5.41, 5.74) is 4.31. The Kier molecular flexibility index (Phi) is 6.12. The van der Waals surface area contributed by atoms with E-state index in [1.807, 2.05) is 54.6 Å². The molecule has 8 heteroatoms. The molecule has 1 amide bonds. The molecular formula is C27H22N4O3S. The van der Waals surface area contributed by atoms with Gasteiger partial charge in [0, 0.05) is 22.8 Å². The minimum atomic E-state index is -0.235. The predicted molar refractivity (Wildman–Crippen MR) is 141 cm³/mol. The number of hydrogen-bond donors (Lipinski definition) is 3. The first-order valence-electron chi connectivity index (χ1n) is 11.1. The largest absolute Gasteiger partial charge is 0.494 e. The normalized spacial score (nSPS) is 13.0. The fourth-order valence-corrected chi connectivity index (χ4v) is 4.64. The average Bonchev–Trinajstić information content (AvgIpc) is 3.59. The van der Waals surface area contributed by atoms with Crippen LogP contribution in [0.1, 0.15) is 43.0 Å². The number of carbonyl (C=O) groups is 2. The molecule has 35 heavy (non-hydrogen) atoms. The Morgan fingerprint density at radius 3 is 2.60 bits per heavy atom. The number of benzene rings is 2. The highest BCUT2D eigenvalue weighted by atomic mass is 32.1. The van der Waals surface area contributed by atoms with E-state index >= 15 is 0 Å². The van der Waals surface area contributed by atoms with Gasteiger partial charge in [0.15, 0.2) is 11.7 Å². The molecule has 1 aliphatic rings. The number of nitrogens with zero attached hydrogens (tertiary/aromatic N) is 2. The number of aromatic nitrogens is 1. The Morgan fingerprint density at radius 2 is 1.89 bits per heavy atom. The van der Waals surface area contributed by atoms with Gasteiger partial charge in [-0.05, 0) is 66.9 Å². The molecule has 0 saturated carbocycles. The summed E-state index contributed by atoms with van der Waals surface area (Å²) in [6.45, 7) is 2.12. The second kappa shape index (κ2) is 9.52. The highest BCUT2D eigenvalue weighted by Gasteiger charge is 2.13. The molecule has 5 rings (SSSR count). The van der Waals surface area contributed by atoms with Crippen LogP contribution in [0.25, 0.3) is 10.9 Å². The molecule has 4 aromatic rings. The number of hydrogen-bond acceptors (Lipinski definition) is 6. The van der Waals surface area contributed by atoms with Crippen LogP contribution in [-0.2, 0) is 6.42 Å². The van der Waals surface area contributed by atoms with E-state index in [2.05, 4.69) is 20.3 Å². The van der Waals surface area contributed by atoms with Gasteiger partial charge < -0.3 is 15.4 Å². The second-order valence-electron chi connectivity index (χ2n) is 8.17. The molecule has 2 aromatic carbocycles. The fraction of sp³-hybridized carbons (Fsp3) is 0.111. The zero-order valence-electron chi connectivity index (χ0n) is 18.9. The van der Waals surface area contributed by atoms with Crippen LogP contribution >= 0.6 is 11.3 Å². The van der Waals surface area contributed by atoms with Gasteiger partial charge in [0.1, 0.15) is 5.84 Å². The maximum atomic E-state index is 12.5. The smallest absolute Gasteiger partial charge is 0.265 e. The lowest BCUT2D eigenvalue weighted by atomic mass is 10.0. The van der Waals surface area contributed by atoms with Crippen molar-refractivity contribution >= 4 is 51.7 Å². The van der Waals surface area contributed by atoms with E-state index in [9.17, 15) is 14.7 Å². The summed E-state index contributed by atoms with van der Waals surface area (Å²) in [7, 11) is 0. The quantitative estimate of drug-likeness (QED) is 0.254. The molecule has 0 radical (unpaired) electrons. The number of amidine groups is 1. The average molecular weight is 483 g/mol. The van der Waals surface area contributed by atoms with Crippen molar-refractivity contribution < 1.29 is 14.7 Å². The Hall–Kier alpha value is -4.30. The number of nitrogens with one attached hydrogen (secondary N) is 2. The van der Waals surface area contributed by atoms with Crippen LogP contribution < -0.4 is 5.32 Å². The van der Waals surface area contributed by atoms with Crippen LogP contribution in [0.2, 0.25) is 0 Å². The third-order valence-corrected chi connectivity index (χ3v) is 6.82. The number of anilines is 1. The molecule has 0 fully saturated rings. The number of aromatic amines is 1. The molecule has 0 unspecified atom stereocenters. The van der Waals surface area contributed by atoms with Crippen molar-refractivity contribution in [2.45, 2.75) is 13.3 Å². The fourth-order valence-electron chi connectivity index (χ4n) is 3.84. The van der Waals surface area contributed by atoms with Crippen LogP contribution in [0.5, 0.6) is 5.88 Å². The van der Waals surface area contributed by atoms with Crippen molar-refractivity contribution in [2.24, 2.45) is 9.98 Å². The first kappa shape index (κ1) is 22.5. The minimum Gasteiger partial charge on any atom is -0.494 e. The molecule has 0 spiro atoms. The number of rotatable bonds is 6. The Bertz CT molecular complexity index is 1520. The van der Waals surface area contributed by atoms with Crippen molar-refractivity contribution in [3.63, 3.8) is 0 Å². The number of Topliss-reactive ketones (excluding diaryl/α,β-unsaturated/α-hetero) is 1. The van der Waals surface area contributed by atoms with Gasteiger partial charge in [-0.15, -0.1) is 11.3 Å². The molecule has 0 atom stereocenters. The zero-order chi connectivity index (χ0) is 24.4. The number of amides is 1. The van der Waals surface area contributed by atoms with Crippen LogP contribution in [-0.4, -0.2) is 40.4 Å². The van der Waals surface area contributed by atoms with Gasteiger partial charge in [0.05, 0.1) is 21.9 Å². The summed E-state index contributed by atoms with van der Waals surface area (Å²) >= 11 is 1.19. The topological polar surface area (TPSA) is 107 Å². The first-order valence-corrected chi connectivity index (χ1v) is 11.9. The van der Waals surface area contributed by atoms with Gasteiger partial charge in [0.25, 0.3) is 5.91 Å². The summed E-state index contributed by atoms with van der Waals surface area (Å²) in [4.78, 5) is 36.6. The molecule has 1 aliphatic heterocycles. The summed E-state index contributed by atoms with van der Waals surface area (Å²) in [5, 5.41) is 14.1. The summed E-state index contributed by atoms with van der Waals surface area (Å²) in [6, 6.07) is 17.0. The number of aromatic hydroxyl groups is 1. The van der Waals surface area contributed by atoms with Crippen LogP contribution in [0.3, 0.4) is 0 Å². The lowest BCUT2D eigenvalue weighted by Gasteiger charge is -2.06. The van der Waals surface area contributed by atoms with E-state index in [0.29, 0.717) is 39.8 Å². The SMILES string of the molecule is CC(=O)c1ccc(C(=O)Nc2ccc(Cc3ccc4[nH]c(O)c(C=NC5=NCC=C5)c4c3)cc2)s1. The Morgan fingerprint density at radius 1 is 1.11 bits per heavy atom. The second-order valence-corrected chi connectivity index (χ2v) is 9.26. The van der Waals surface area contributed by atoms with E-state index in [-0.39, 0.29) is 17.6 Å². The third kappa shape index (κ3) is 4.97. The van der Waals surface area contributed by atoms with Gasteiger partial charge in [0.2, 0.25) is 0 Å². The van der Waals surface area contributed by atoms with E-state index < -0.39 is 0 Å². The summed E-state index contributed by atoms with van der Waals surface area (Å²) < 4.78 is 0. The summed E-state index contributed by atoms with van der Waals surface area (Å²) in [6.07, 6.45) is 6.11. The van der Waals surface area contributed by atoms with Gasteiger partial charge >= 0.3 is 0 Å². The van der Waals surface area contributed by atoms with Crippen molar-refractivity contribution in [3.05, 3.63) is 93.2 Å². The Labute approximate surface area is 205 Å². The van der Waals surface area contributed by atoms with Crippen molar-refractivity contribution in [1.82, 2.24) is 4.98 Å². The zero-order valence-corrected chi connectivity index (χ0v) is 19.7. The van der Waals surface area contributed by atoms with E-state index in [1.54, 1.807) is 18.3 Å². The monoisotopic (exact) mass is 482 g/mol. The highest BCUT2D eigenvalue weighted by Crippen LogP contribution is 2.28. The van der Waals surface area contributed by atoms with Gasteiger partial charge in [-0.25, -0.2) is 4.99 Å². The maximum Gasteiger partial charge on any atom is 0.265 e. The lowest BCUT2D eigenvalue weighted by Crippen LogP contribution is -2.10. The Balaban J connectivity index is 1.29.